The minimum atomic E-state index is -0.543. The number of aryl methyl sites for hydroxylation is 1. The van der Waals surface area contributed by atoms with Crippen LogP contribution in [0.5, 0.6) is 0 Å². The molecule has 1 aromatic carbocycles. The van der Waals surface area contributed by atoms with Gasteiger partial charge in [0.25, 0.3) is 5.91 Å². The molecule has 1 N–H and O–H groups in total. The number of hydrogen-bond acceptors (Lipinski definition) is 7. The van der Waals surface area contributed by atoms with Gasteiger partial charge in [-0.05, 0) is 35.8 Å². The molecule has 0 atom stereocenters. The van der Waals surface area contributed by atoms with Crippen LogP contribution in [-0.4, -0.2) is 31.6 Å². The lowest BCUT2D eigenvalue weighted by atomic mass is 10.2. The van der Waals surface area contributed by atoms with Crippen molar-refractivity contribution < 1.29 is 9.72 Å². The molecule has 118 valence electrons. The summed E-state index contributed by atoms with van der Waals surface area (Å²) in [6.45, 7) is 0. The van der Waals surface area contributed by atoms with Crippen LogP contribution in [0.15, 0.2) is 29.6 Å². The number of fused-ring (bicyclic) bond motifs is 1. The van der Waals surface area contributed by atoms with Crippen LogP contribution in [0.1, 0.15) is 10.4 Å². The number of anilines is 1. The summed E-state index contributed by atoms with van der Waals surface area (Å²) >= 11 is 2.34. The molecule has 0 saturated heterocycles. The highest BCUT2D eigenvalue weighted by atomic mass is 32.2. The molecule has 3 rings (SSSR count). The third-order valence-electron chi connectivity index (χ3n) is 3.18. The Morgan fingerprint density at radius 1 is 1.48 bits per heavy atom. The number of amides is 1. The van der Waals surface area contributed by atoms with E-state index in [1.54, 1.807) is 18.2 Å². The average molecular weight is 349 g/mol. The Bertz CT molecular complexity index is 918. The summed E-state index contributed by atoms with van der Waals surface area (Å²) in [5, 5.41) is 14.1. The normalized spacial score (nSPS) is 10.9. The zero-order valence-corrected chi connectivity index (χ0v) is 13.8. The summed E-state index contributed by atoms with van der Waals surface area (Å²) in [4.78, 5) is 30.6. The second kappa shape index (κ2) is 5.97. The zero-order chi connectivity index (χ0) is 16.6. The van der Waals surface area contributed by atoms with Crippen molar-refractivity contribution in [2.45, 2.75) is 5.16 Å². The molecule has 8 nitrogen and oxygen atoms in total. The second-order valence-corrected chi connectivity index (χ2v) is 6.36. The molecule has 2 aromatic heterocycles. The number of hydrogen-bond donors (Lipinski definition) is 1. The van der Waals surface area contributed by atoms with E-state index in [0.29, 0.717) is 5.56 Å². The number of carbonyl (C=O) groups is 1. The largest absolute Gasteiger partial charge is 0.345 e. The van der Waals surface area contributed by atoms with Crippen molar-refractivity contribution >= 4 is 50.2 Å². The first-order chi connectivity index (χ1) is 11.0. The molecule has 10 heteroatoms. The predicted molar refractivity (Wildman–Crippen MR) is 89.2 cm³/mol. The van der Waals surface area contributed by atoms with E-state index in [9.17, 15) is 14.9 Å². The van der Waals surface area contributed by atoms with Crippen LogP contribution in [0.4, 0.5) is 10.1 Å². The average Bonchev–Trinajstić information content (AvgIpc) is 3.12. The molecule has 3 aromatic rings. The van der Waals surface area contributed by atoms with E-state index in [0.717, 1.165) is 33.7 Å². The van der Waals surface area contributed by atoms with Gasteiger partial charge in [-0.2, -0.15) is 0 Å². The lowest BCUT2D eigenvalue weighted by Crippen LogP contribution is -2.11. The van der Waals surface area contributed by atoms with Crippen LogP contribution < -0.4 is 5.32 Å². The van der Waals surface area contributed by atoms with Gasteiger partial charge in [-0.1, -0.05) is 11.8 Å². The monoisotopic (exact) mass is 349 g/mol. The van der Waals surface area contributed by atoms with Gasteiger partial charge in [0.1, 0.15) is 6.20 Å². The Kier molecular flexibility index (Phi) is 4.01. The second-order valence-electron chi connectivity index (χ2n) is 4.58. The first kappa shape index (κ1) is 15.4. The Labute approximate surface area is 138 Å². The number of rotatable bonds is 4. The van der Waals surface area contributed by atoms with E-state index in [-0.39, 0.29) is 16.0 Å². The minimum Gasteiger partial charge on any atom is -0.322 e. The summed E-state index contributed by atoms with van der Waals surface area (Å²) < 4.78 is 1.91. The topological polar surface area (TPSA) is 103 Å². The molecule has 0 bridgehead atoms. The molecule has 0 aliphatic rings. The highest BCUT2D eigenvalue weighted by Crippen LogP contribution is 2.26. The number of imidazole rings is 1. The van der Waals surface area contributed by atoms with E-state index in [1.165, 1.54) is 11.8 Å². The van der Waals surface area contributed by atoms with E-state index in [1.807, 2.05) is 17.9 Å². The lowest BCUT2D eigenvalue weighted by molar-refractivity contribution is -0.380. The van der Waals surface area contributed by atoms with Crippen molar-refractivity contribution in [2.24, 2.45) is 7.05 Å². The van der Waals surface area contributed by atoms with Crippen LogP contribution in [0.3, 0.4) is 0 Å². The maximum Gasteiger partial charge on any atom is 0.345 e. The number of thiazole rings is 1. The van der Waals surface area contributed by atoms with Gasteiger partial charge in [-0.15, -0.1) is 0 Å². The highest BCUT2D eigenvalue weighted by Gasteiger charge is 2.15. The van der Waals surface area contributed by atoms with Gasteiger partial charge in [-0.3, -0.25) is 20.2 Å². The van der Waals surface area contributed by atoms with E-state index in [4.69, 9.17) is 0 Å². The van der Waals surface area contributed by atoms with E-state index < -0.39 is 4.92 Å². The highest BCUT2D eigenvalue weighted by molar-refractivity contribution is 7.98. The molecule has 0 fully saturated rings. The van der Waals surface area contributed by atoms with E-state index >= 15 is 0 Å². The Balaban J connectivity index is 1.88. The number of carbonyl (C=O) groups excluding carboxylic acids is 1. The first-order valence-corrected chi connectivity index (χ1v) is 8.45. The fraction of sp³-hybridized carbons (Fsp3) is 0.154. The third kappa shape index (κ3) is 2.90. The van der Waals surface area contributed by atoms with Gasteiger partial charge in [0.05, 0.1) is 16.0 Å². The van der Waals surface area contributed by atoms with Gasteiger partial charge in [0.2, 0.25) is 0 Å². The van der Waals surface area contributed by atoms with Crippen LogP contribution in [0.2, 0.25) is 0 Å². The summed E-state index contributed by atoms with van der Waals surface area (Å²) in [6.07, 6.45) is 3.06. The number of thioether (sulfide) groups is 1. The number of nitro groups is 1. The van der Waals surface area contributed by atoms with Crippen LogP contribution in [0, 0.1) is 10.1 Å². The smallest absolute Gasteiger partial charge is 0.322 e. The Morgan fingerprint density at radius 3 is 2.91 bits per heavy atom. The molecule has 2 heterocycles. The number of nitrogens with one attached hydrogen (secondary N) is 1. The maximum absolute atomic E-state index is 12.3. The molecule has 23 heavy (non-hydrogen) atoms. The van der Waals surface area contributed by atoms with Gasteiger partial charge in [-0.25, -0.2) is 9.97 Å². The number of aromatic nitrogens is 3. The Hall–Kier alpha value is -2.46. The molecule has 0 saturated carbocycles. The van der Waals surface area contributed by atoms with Crippen LogP contribution >= 0.6 is 23.1 Å². The van der Waals surface area contributed by atoms with E-state index in [2.05, 4.69) is 15.3 Å². The van der Waals surface area contributed by atoms with Crippen molar-refractivity contribution in [3.8, 4) is 0 Å². The molecule has 0 spiro atoms. The van der Waals surface area contributed by atoms with Crippen molar-refractivity contribution in [2.75, 3.05) is 11.6 Å². The molecule has 0 aliphatic carbocycles. The SMILES string of the molecule is CSc1nc2ccc(C(=O)Nc3ncc([N+](=O)[O-])s3)cc2n1C. The van der Waals surface area contributed by atoms with Crippen molar-refractivity contribution in [3.05, 3.63) is 40.1 Å². The fourth-order valence-corrected chi connectivity index (χ4v) is 3.26. The van der Waals surface area contributed by atoms with Crippen molar-refractivity contribution in [1.82, 2.24) is 14.5 Å². The molecule has 0 unspecified atom stereocenters. The number of nitrogens with zero attached hydrogens (tertiary/aromatic N) is 4. The lowest BCUT2D eigenvalue weighted by Gasteiger charge is -2.03. The van der Waals surface area contributed by atoms with Crippen molar-refractivity contribution in [1.29, 1.82) is 0 Å². The van der Waals surface area contributed by atoms with Gasteiger partial charge in [0.15, 0.2) is 10.3 Å². The van der Waals surface area contributed by atoms with Gasteiger partial charge in [0, 0.05) is 12.6 Å². The van der Waals surface area contributed by atoms with Crippen molar-refractivity contribution in [3.63, 3.8) is 0 Å². The standard InChI is InChI=1S/C13H11N5O3S2/c1-17-9-5-7(3-4-8(9)15-13(17)22-2)11(19)16-12-14-6-10(23-12)18(20)21/h3-6H,1-2H3,(H,14,16,19). The third-order valence-corrected chi connectivity index (χ3v) is 4.77. The Morgan fingerprint density at radius 2 is 2.26 bits per heavy atom. The first-order valence-electron chi connectivity index (χ1n) is 6.41. The molecular formula is C13H11N5O3S2. The molecule has 0 radical (unpaired) electrons. The quantitative estimate of drug-likeness (QED) is 0.441. The summed E-state index contributed by atoms with van der Waals surface area (Å²) in [6, 6.07) is 5.17. The summed E-state index contributed by atoms with van der Waals surface area (Å²) in [5.41, 5.74) is 2.08. The predicted octanol–water partition coefficient (Wildman–Crippen LogP) is 2.91. The summed E-state index contributed by atoms with van der Waals surface area (Å²) in [5.74, 6) is -0.372. The maximum atomic E-state index is 12.3. The molecule has 0 aliphatic heterocycles. The zero-order valence-electron chi connectivity index (χ0n) is 12.1. The van der Waals surface area contributed by atoms with Crippen LogP contribution in [-0.2, 0) is 7.05 Å². The summed E-state index contributed by atoms with van der Waals surface area (Å²) in [7, 11) is 1.88. The number of benzene rings is 1. The van der Waals surface area contributed by atoms with Gasteiger partial charge < -0.3 is 4.57 Å². The fourth-order valence-electron chi connectivity index (χ4n) is 2.07. The van der Waals surface area contributed by atoms with Crippen LogP contribution in [0.25, 0.3) is 11.0 Å². The van der Waals surface area contributed by atoms with Gasteiger partial charge >= 0.3 is 5.00 Å². The minimum absolute atomic E-state index is 0.119. The molecular weight excluding hydrogens is 338 g/mol. The molecule has 1 amide bonds.